The number of alkyl halides is 1. The van der Waals surface area contributed by atoms with Crippen LogP contribution >= 0.6 is 11.6 Å². The van der Waals surface area contributed by atoms with Crippen molar-refractivity contribution in [1.29, 1.82) is 0 Å². The van der Waals surface area contributed by atoms with Crippen LogP contribution < -0.4 is 4.90 Å². The maximum absolute atomic E-state index is 14.3. The monoisotopic (exact) mass is 544 g/mol. The lowest BCUT2D eigenvalue weighted by Gasteiger charge is -2.44. The molecule has 2 aliphatic rings. The Bertz CT molecular complexity index is 1200. The van der Waals surface area contributed by atoms with Crippen LogP contribution in [0.5, 0.6) is 0 Å². The van der Waals surface area contributed by atoms with Gasteiger partial charge in [0.25, 0.3) is 0 Å². The smallest absolute Gasteiger partial charge is 0.410 e. The Balaban J connectivity index is 1.51. The van der Waals surface area contributed by atoms with E-state index in [9.17, 15) is 14.0 Å². The van der Waals surface area contributed by atoms with Crippen molar-refractivity contribution >= 4 is 29.3 Å². The minimum absolute atomic E-state index is 0.0344. The number of piperazine rings is 1. The van der Waals surface area contributed by atoms with Crippen molar-refractivity contribution in [2.75, 3.05) is 37.0 Å². The molecular weight excluding hydrogens is 507 g/mol. The third kappa shape index (κ3) is 6.12. The number of hydrogen-bond acceptors (Lipinski definition) is 5. The van der Waals surface area contributed by atoms with Crippen molar-refractivity contribution in [3.8, 4) is 0 Å². The average Bonchev–Trinajstić information content (AvgIpc) is 3.10. The first-order valence-electron chi connectivity index (χ1n) is 13.1. The highest BCUT2D eigenvalue weighted by Crippen LogP contribution is 2.40. The highest BCUT2D eigenvalue weighted by atomic mass is 35.5. The lowest BCUT2D eigenvalue weighted by molar-refractivity contribution is -0.121. The van der Waals surface area contributed by atoms with Crippen molar-refractivity contribution in [3.05, 3.63) is 59.2 Å². The van der Waals surface area contributed by atoms with Crippen LogP contribution in [0.2, 0.25) is 0 Å². The maximum Gasteiger partial charge on any atom is 0.410 e. The Morgan fingerprint density at radius 3 is 2.58 bits per heavy atom. The summed E-state index contributed by atoms with van der Waals surface area (Å²) in [6, 6.07) is 8.28. The highest BCUT2D eigenvalue weighted by molar-refractivity contribution is 6.18. The van der Waals surface area contributed by atoms with Crippen LogP contribution in [0.15, 0.2) is 36.5 Å². The van der Waals surface area contributed by atoms with Crippen LogP contribution in [-0.2, 0) is 21.4 Å². The first kappa shape index (κ1) is 28.3. The zero-order valence-electron chi connectivity index (χ0n) is 23.1. The molecule has 4 rings (SSSR count). The quantitative estimate of drug-likeness (QED) is 0.496. The lowest BCUT2D eigenvalue weighted by Crippen LogP contribution is -2.61. The van der Waals surface area contributed by atoms with Gasteiger partial charge in [-0.15, -0.1) is 11.6 Å². The van der Waals surface area contributed by atoms with Crippen molar-refractivity contribution in [2.24, 2.45) is 0 Å². The highest BCUT2D eigenvalue weighted by Gasteiger charge is 2.41. The van der Waals surface area contributed by atoms with Gasteiger partial charge in [-0.3, -0.25) is 14.7 Å². The normalized spacial score (nSPS) is 21.4. The number of carbonyl (C=O) groups is 2. The molecule has 7 nitrogen and oxygen atoms in total. The van der Waals surface area contributed by atoms with Gasteiger partial charge < -0.3 is 14.5 Å². The topological polar surface area (TPSA) is 66.0 Å². The number of rotatable bonds is 5. The standard InChI is InChI=1S/C29H38ClFN4O3/c1-19-15-33(22(13-30)16-34(19)27(37)38-28(2,3)4)17-26(36)35-18-29(5,6)23-14-32-21(12-25(23)35)11-20-9-7-8-10-24(20)31/h7-10,12,14,19,22H,11,13,15-18H2,1-6H3. The zero-order valence-corrected chi connectivity index (χ0v) is 23.9. The fraction of sp³-hybridized carbons (Fsp3) is 0.552. The predicted octanol–water partition coefficient (Wildman–Crippen LogP) is 4.98. The fourth-order valence-corrected chi connectivity index (χ4v) is 5.53. The third-order valence-corrected chi connectivity index (χ3v) is 7.60. The third-order valence-electron chi connectivity index (χ3n) is 7.24. The summed E-state index contributed by atoms with van der Waals surface area (Å²) in [4.78, 5) is 36.6. The molecule has 2 amide bonds. The van der Waals surface area contributed by atoms with Gasteiger partial charge in [0.2, 0.25) is 5.91 Å². The van der Waals surface area contributed by atoms with E-state index in [1.54, 1.807) is 17.0 Å². The van der Waals surface area contributed by atoms with Gasteiger partial charge in [0.05, 0.1) is 12.2 Å². The van der Waals surface area contributed by atoms with Gasteiger partial charge in [-0.05, 0) is 45.4 Å². The molecule has 38 heavy (non-hydrogen) atoms. The largest absolute Gasteiger partial charge is 0.444 e. The van der Waals surface area contributed by atoms with Crippen LogP contribution in [-0.4, -0.2) is 76.5 Å². The van der Waals surface area contributed by atoms with E-state index in [1.807, 2.05) is 50.9 Å². The molecule has 0 N–H and O–H groups in total. The summed E-state index contributed by atoms with van der Waals surface area (Å²) < 4.78 is 19.8. The molecule has 2 aromatic rings. The summed E-state index contributed by atoms with van der Waals surface area (Å²) in [6.45, 7) is 13.3. The van der Waals surface area contributed by atoms with E-state index in [2.05, 4.69) is 23.7 Å². The van der Waals surface area contributed by atoms with Crippen molar-refractivity contribution in [3.63, 3.8) is 0 Å². The number of pyridine rings is 1. The zero-order chi connectivity index (χ0) is 27.8. The average molecular weight is 545 g/mol. The molecule has 1 aromatic carbocycles. The van der Waals surface area contributed by atoms with E-state index in [0.717, 1.165) is 11.3 Å². The minimum Gasteiger partial charge on any atom is -0.444 e. The number of fused-ring (bicyclic) bond motifs is 1. The number of aromatic nitrogens is 1. The molecule has 0 bridgehead atoms. The van der Waals surface area contributed by atoms with Crippen LogP contribution in [0, 0.1) is 5.82 Å². The molecule has 0 aliphatic carbocycles. The Morgan fingerprint density at radius 1 is 1.21 bits per heavy atom. The van der Waals surface area contributed by atoms with Crippen molar-refractivity contribution < 1.29 is 18.7 Å². The minimum atomic E-state index is -0.587. The maximum atomic E-state index is 14.3. The second-order valence-corrected chi connectivity index (χ2v) is 12.4. The van der Waals surface area contributed by atoms with Gasteiger partial charge >= 0.3 is 6.09 Å². The molecule has 1 saturated heterocycles. The first-order valence-corrected chi connectivity index (χ1v) is 13.7. The molecule has 2 atom stereocenters. The summed E-state index contributed by atoms with van der Waals surface area (Å²) in [7, 11) is 0. The second kappa shape index (κ2) is 10.8. The van der Waals surface area contributed by atoms with Crippen LogP contribution in [0.25, 0.3) is 0 Å². The molecular formula is C29H38ClFN4O3. The predicted molar refractivity (Wildman–Crippen MR) is 147 cm³/mol. The molecule has 1 aromatic heterocycles. The lowest BCUT2D eigenvalue weighted by atomic mass is 9.88. The molecule has 0 saturated carbocycles. The van der Waals surface area contributed by atoms with E-state index >= 15 is 0 Å². The summed E-state index contributed by atoms with van der Waals surface area (Å²) in [5, 5.41) is 0. The van der Waals surface area contributed by atoms with Gasteiger partial charge in [0, 0.05) is 66.9 Å². The summed E-state index contributed by atoms with van der Waals surface area (Å²) >= 11 is 6.32. The Labute approximate surface area is 229 Å². The Kier molecular flexibility index (Phi) is 8.05. The molecule has 0 radical (unpaired) electrons. The second-order valence-electron chi connectivity index (χ2n) is 12.0. The molecule has 3 heterocycles. The van der Waals surface area contributed by atoms with E-state index < -0.39 is 5.60 Å². The van der Waals surface area contributed by atoms with E-state index in [4.69, 9.17) is 16.3 Å². The Hall–Kier alpha value is -2.71. The van der Waals surface area contributed by atoms with Crippen LogP contribution in [0.1, 0.15) is 58.4 Å². The number of hydrogen-bond donors (Lipinski definition) is 0. The molecule has 9 heteroatoms. The van der Waals surface area contributed by atoms with Crippen LogP contribution in [0.4, 0.5) is 14.9 Å². The van der Waals surface area contributed by atoms with E-state index in [-0.39, 0.29) is 47.7 Å². The summed E-state index contributed by atoms with van der Waals surface area (Å²) in [6.07, 6.45) is 1.80. The molecule has 2 unspecified atom stereocenters. The first-order chi connectivity index (χ1) is 17.8. The van der Waals surface area contributed by atoms with E-state index in [1.165, 1.54) is 6.07 Å². The van der Waals surface area contributed by atoms with Gasteiger partial charge in [-0.25, -0.2) is 9.18 Å². The van der Waals surface area contributed by atoms with Gasteiger partial charge in [0.15, 0.2) is 0 Å². The number of ether oxygens (including phenoxy) is 1. The van der Waals surface area contributed by atoms with Gasteiger partial charge in [0.1, 0.15) is 11.4 Å². The van der Waals surface area contributed by atoms with Gasteiger partial charge in [-0.2, -0.15) is 0 Å². The molecule has 1 fully saturated rings. The van der Waals surface area contributed by atoms with Crippen molar-refractivity contribution in [2.45, 2.75) is 71.1 Å². The number of benzene rings is 1. The Morgan fingerprint density at radius 2 is 1.92 bits per heavy atom. The number of carbonyl (C=O) groups excluding carboxylic acids is 2. The van der Waals surface area contributed by atoms with Gasteiger partial charge in [-0.1, -0.05) is 32.0 Å². The number of anilines is 1. The van der Waals surface area contributed by atoms with Crippen molar-refractivity contribution in [1.82, 2.24) is 14.8 Å². The SMILES string of the molecule is CC1CN(CC(=O)N2CC(C)(C)c3cnc(Cc4ccccc4F)cc32)C(CCl)CN1C(=O)OC(C)(C)C. The number of nitrogens with zero attached hydrogens (tertiary/aromatic N) is 4. The summed E-state index contributed by atoms with van der Waals surface area (Å²) in [5.41, 5.74) is 2.25. The summed E-state index contributed by atoms with van der Waals surface area (Å²) in [5.74, 6) is -0.0133. The molecule has 0 spiro atoms. The number of amides is 2. The number of halogens is 2. The molecule has 206 valence electrons. The van der Waals surface area contributed by atoms with Crippen LogP contribution in [0.3, 0.4) is 0 Å². The van der Waals surface area contributed by atoms with E-state index in [0.29, 0.717) is 37.3 Å². The molecule has 2 aliphatic heterocycles. The fourth-order valence-electron chi connectivity index (χ4n) is 5.24.